The number of carbonyl (C=O) groups is 1. The smallest absolute Gasteiger partial charge is 0.270 e. The van der Waals surface area contributed by atoms with Crippen LogP contribution in [0.15, 0.2) is 36.7 Å². The molecule has 3 aromatic heterocycles. The van der Waals surface area contributed by atoms with Gasteiger partial charge in [0.2, 0.25) is 5.78 Å². The maximum Gasteiger partial charge on any atom is 0.270 e. The van der Waals surface area contributed by atoms with Gasteiger partial charge in [-0.1, -0.05) is 31.2 Å². The van der Waals surface area contributed by atoms with Crippen LogP contribution < -0.4 is 5.32 Å². The van der Waals surface area contributed by atoms with E-state index in [1.54, 1.807) is 10.6 Å². The van der Waals surface area contributed by atoms with Crippen molar-refractivity contribution in [3.63, 3.8) is 0 Å². The van der Waals surface area contributed by atoms with Gasteiger partial charge in [0.25, 0.3) is 5.91 Å². The lowest BCUT2D eigenvalue weighted by atomic mass is 10.1. The fourth-order valence-electron chi connectivity index (χ4n) is 4.38. The van der Waals surface area contributed by atoms with E-state index in [0.717, 1.165) is 60.0 Å². The largest absolute Gasteiger partial charge is 0.378 e. The molecule has 5 rings (SSSR count). The summed E-state index contributed by atoms with van der Waals surface area (Å²) < 4.78 is 9.52. The van der Waals surface area contributed by atoms with Crippen molar-refractivity contribution in [1.82, 2.24) is 34.4 Å². The van der Waals surface area contributed by atoms with E-state index >= 15 is 0 Å². The summed E-state index contributed by atoms with van der Waals surface area (Å²) >= 11 is 0. The van der Waals surface area contributed by atoms with Gasteiger partial charge in [0.05, 0.1) is 11.8 Å². The molecular weight excluding hydrogens is 430 g/mol. The van der Waals surface area contributed by atoms with Crippen molar-refractivity contribution >= 4 is 11.7 Å². The molecule has 9 heteroatoms. The van der Waals surface area contributed by atoms with Gasteiger partial charge in [-0.2, -0.15) is 5.10 Å². The number of hydrogen-bond acceptors (Lipinski definition) is 6. The summed E-state index contributed by atoms with van der Waals surface area (Å²) in [6, 6.07) is 8.00. The van der Waals surface area contributed by atoms with Crippen LogP contribution in [0.2, 0.25) is 0 Å². The normalized spacial score (nSPS) is 15.4. The fourth-order valence-corrected chi connectivity index (χ4v) is 4.38. The Labute approximate surface area is 198 Å². The zero-order valence-electron chi connectivity index (χ0n) is 19.8. The summed E-state index contributed by atoms with van der Waals surface area (Å²) in [6.45, 7) is 7.92. The Morgan fingerprint density at radius 3 is 2.79 bits per heavy atom. The second-order valence-corrected chi connectivity index (χ2v) is 8.59. The summed E-state index contributed by atoms with van der Waals surface area (Å²) in [6.07, 6.45) is 6.29. The van der Waals surface area contributed by atoms with Crippen molar-refractivity contribution in [3.05, 3.63) is 65.0 Å². The molecule has 1 unspecified atom stereocenters. The van der Waals surface area contributed by atoms with Gasteiger partial charge < -0.3 is 10.1 Å². The minimum atomic E-state index is -0.159. The monoisotopic (exact) mass is 459 g/mol. The standard InChI is InChI=1S/C25H29N7O2/c1-4-20-22(31-15-16(3)13-27-25(31)28-20)24(33)26-14-17-6-8-18(9-7-17)23-29-21-12-19(34-5-2)10-11-32(21)30-23/h6-9,13,15,19H,4-5,10-12,14H2,1-3H3,(H,26,33). The maximum atomic E-state index is 13.0. The quantitative estimate of drug-likeness (QED) is 0.456. The SMILES string of the molecule is CCOC1CCn2nc(-c3ccc(CNC(=O)c4c(CC)nc5ncc(C)cn45)cc3)nc2C1. The van der Waals surface area contributed by atoms with Crippen molar-refractivity contribution in [2.45, 2.75) is 59.2 Å². The number of rotatable bonds is 7. The van der Waals surface area contributed by atoms with Crippen LogP contribution in [-0.4, -0.2) is 47.8 Å². The summed E-state index contributed by atoms with van der Waals surface area (Å²) in [7, 11) is 0. The molecule has 1 aromatic carbocycles. The van der Waals surface area contributed by atoms with Crippen LogP contribution in [0.4, 0.5) is 0 Å². The van der Waals surface area contributed by atoms with Crippen molar-refractivity contribution in [3.8, 4) is 11.4 Å². The number of amides is 1. The molecule has 1 aliphatic rings. The molecule has 34 heavy (non-hydrogen) atoms. The van der Waals surface area contributed by atoms with Crippen LogP contribution in [0, 0.1) is 6.92 Å². The third-order valence-electron chi connectivity index (χ3n) is 6.12. The molecule has 1 atom stereocenters. The molecular formula is C25H29N7O2. The average Bonchev–Trinajstić information content (AvgIpc) is 3.43. The van der Waals surface area contributed by atoms with Crippen LogP contribution >= 0.6 is 0 Å². The molecule has 1 aliphatic heterocycles. The van der Waals surface area contributed by atoms with E-state index in [1.165, 1.54) is 0 Å². The summed E-state index contributed by atoms with van der Waals surface area (Å²) in [5, 5.41) is 7.70. The van der Waals surface area contributed by atoms with Crippen molar-refractivity contribution < 1.29 is 9.53 Å². The molecule has 0 fully saturated rings. The highest BCUT2D eigenvalue weighted by molar-refractivity contribution is 5.94. The number of aryl methyl sites for hydroxylation is 3. The van der Waals surface area contributed by atoms with Gasteiger partial charge in [0.15, 0.2) is 5.82 Å². The van der Waals surface area contributed by atoms with Gasteiger partial charge >= 0.3 is 0 Å². The van der Waals surface area contributed by atoms with E-state index < -0.39 is 0 Å². The number of ether oxygens (including phenoxy) is 1. The van der Waals surface area contributed by atoms with Crippen molar-refractivity contribution in [1.29, 1.82) is 0 Å². The first kappa shape index (κ1) is 22.2. The highest BCUT2D eigenvalue weighted by Crippen LogP contribution is 2.22. The molecule has 1 amide bonds. The first-order valence-corrected chi connectivity index (χ1v) is 11.8. The van der Waals surface area contributed by atoms with E-state index in [1.807, 2.05) is 55.9 Å². The van der Waals surface area contributed by atoms with Gasteiger partial charge in [-0.15, -0.1) is 0 Å². The van der Waals surface area contributed by atoms with Gasteiger partial charge in [0.1, 0.15) is 11.5 Å². The lowest BCUT2D eigenvalue weighted by molar-refractivity contribution is 0.0426. The van der Waals surface area contributed by atoms with E-state index in [0.29, 0.717) is 24.4 Å². The van der Waals surface area contributed by atoms with Gasteiger partial charge in [-0.3, -0.25) is 9.20 Å². The number of hydrogen-bond donors (Lipinski definition) is 1. The lowest BCUT2D eigenvalue weighted by Crippen LogP contribution is -2.26. The van der Waals surface area contributed by atoms with Gasteiger partial charge in [-0.25, -0.2) is 19.6 Å². The maximum absolute atomic E-state index is 13.0. The molecule has 0 bridgehead atoms. The predicted molar refractivity (Wildman–Crippen MR) is 127 cm³/mol. The minimum absolute atomic E-state index is 0.159. The van der Waals surface area contributed by atoms with Crippen LogP contribution in [0.25, 0.3) is 17.2 Å². The Balaban J connectivity index is 1.28. The number of aromatic nitrogens is 6. The summed E-state index contributed by atoms with van der Waals surface area (Å²) in [5.74, 6) is 2.08. The number of nitrogens with one attached hydrogen (secondary N) is 1. The lowest BCUT2D eigenvalue weighted by Gasteiger charge is -2.21. The Kier molecular flexibility index (Phi) is 6.10. The molecule has 1 N–H and O–H groups in total. The number of imidazole rings is 1. The number of fused-ring (bicyclic) bond motifs is 2. The molecule has 4 heterocycles. The van der Waals surface area contributed by atoms with E-state index in [2.05, 4.69) is 20.4 Å². The highest BCUT2D eigenvalue weighted by Gasteiger charge is 2.23. The second-order valence-electron chi connectivity index (χ2n) is 8.59. The second kappa shape index (κ2) is 9.34. The van der Waals surface area contributed by atoms with Crippen LogP contribution in [0.3, 0.4) is 0 Å². The summed E-state index contributed by atoms with van der Waals surface area (Å²) in [4.78, 5) is 26.6. The van der Waals surface area contributed by atoms with E-state index in [4.69, 9.17) is 9.72 Å². The molecule has 0 saturated heterocycles. The molecule has 0 radical (unpaired) electrons. The highest BCUT2D eigenvalue weighted by atomic mass is 16.5. The van der Waals surface area contributed by atoms with Crippen LogP contribution in [0.1, 0.15) is 53.4 Å². The topological polar surface area (TPSA) is 99.2 Å². The van der Waals surface area contributed by atoms with Gasteiger partial charge in [0, 0.05) is 44.1 Å². The molecule has 176 valence electrons. The van der Waals surface area contributed by atoms with E-state index in [-0.39, 0.29) is 12.0 Å². The predicted octanol–water partition coefficient (Wildman–Crippen LogP) is 3.14. The molecule has 4 aromatic rings. The Morgan fingerprint density at radius 2 is 2.03 bits per heavy atom. The van der Waals surface area contributed by atoms with Crippen molar-refractivity contribution in [2.24, 2.45) is 0 Å². The molecule has 0 spiro atoms. The number of carbonyl (C=O) groups excluding carboxylic acids is 1. The third kappa shape index (κ3) is 4.31. The first-order valence-electron chi connectivity index (χ1n) is 11.8. The first-order chi connectivity index (χ1) is 16.6. The minimum Gasteiger partial charge on any atom is -0.378 e. The molecule has 0 saturated carbocycles. The fraction of sp³-hybridized carbons (Fsp3) is 0.400. The average molecular weight is 460 g/mol. The van der Waals surface area contributed by atoms with E-state index in [9.17, 15) is 4.79 Å². The molecule has 0 aliphatic carbocycles. The number of nitrogens with zero attached hydrogens (tertiary/aromatic N) is 6. The zero-order valence-corrected chi connectivity index (χ0v) is 19.8. The molecule has 9 nitrogen and oxygen atoms in total. The van der Waals surface area contributed by atoms with Crippen LogP contribution in [-0.2, 0) is 30.7 Å². The Morgan fingerprint density at radius 1 is 1.21 bits per heavy atom. The third-order valence-corrected chi connectivity index (χ3v) is 6.12. The van der Waals surface area contributed by atoms with Crippen LogP contribution in [0.5, 0.6) is 0 Å². The van der Waals surface area contributed by atoms with Gasteiger partial charge in [-0.05, 0) is 37.8 Å². The zero-order chi connectivity index (χ0) is 23.7. The Hall–Kier alpha value is -3.59. The Bertz CT molecular complexity index is 1320. The number of benzene rings is 1. The summed E-state index contributed by atoms with van der Waals surface area (Å²) in [5.41, 5.74) is 4.22. The van der Waals surface area contributed by atoms with Crippen molar-refractivity contribution in [2.75, 3.05) is 6.61 Å².